The molecule has 2 saturated heterocycles. The molecule has 2 fully saturated rings. The zero-order valence-corrected chi connectivity index (χ0v) is 45.8. The number of hydrogen-bond acceptors (Lipinski definition) is 16. The molecule has 8 atom stereocenters. The number of imide groups is 1. The summed E-state index contributed by atoms with van der Waals surface area (Å²) in [6, 6.07) is 5.90. The van der Waals surface area contributed by atoms with Crippen molar-refractivity contribution < 1.29 is 61.1 Å². The summed E-state index contributed by atoms with van der Waals surface area (Å²) in [6.07, 6.45) is -0.371. The third kappa shape index (κ3) is 18.7. The van der Waals surface area contributed by atoms with Crippen LogP contribution in [0, 0.1) is 17.8 Å². The number of ether oxygens (including phenoxy) is 2. The van der Waals surface area contributed by atoms with Gasteiger partial charge in [-0.1, -0.05) is 71.4 Å². The second-order valence-corrected chi connectivity index (χ2v) is 21.8. The molecule has 2 aliphatic rings. The molecule has 1 aromatic carbocycles. The molecule has 4 N–H and O–H groups in total. The van der Waals surface area contributed by atoms with Crippen molar-refractivity contribution in [3.05, 3.63) is 35.9 Å². The number of methoxy groups -OCH3 is 2. The van der Waals surface area contributed by atoms with Crippen LogP contribution >= 0.6 is 0 Å². The van der Waals surface area contributed by atoms with E-state index < -0.39 is 93.6 Å². The van der Waals surface area contributed by atoms with Crippen molar-refractivity contribution in [2.45, 2.75) is 148 Å². The lowest BCUT2D eigenvalue weighted by atomic mass is 9.89. The average molecular weight is 1050 g/mol. The van der Waals surface area contributed by atoms with Gasteiger partial charge in [0.1, 0.15) is 12.3 Å². The van der Waals surface area contributed by atoms with E-state index in [4.69, 9.17) is 14.3 Å². The van der Waals surface area contributed by atoms with Crippen molar-refractivity contribution in [1.82, 2.24) is 45.3 Å². The summed E-state index contributed by atoms with van der Waals surface area (Å²) in [4.78, 5) is 117. The Bertz CT molecular complexity index is 2110. The van der Waals surface area contributed by atoms with Crippen molar-refractivity contribution in [3.8, 4) is 0 Å². The summed E-state index contributed by atoms with van der Waals surface area (Å²) in [5.41, 5.74) is 0.649. The van der Waals surface area contributed by atoms with Crippen LogP contribution in [0.2, 0.25) is 0 Å². The smallest absolute Gasteiger partial charge is 0.333 e. The summed E-state index contributed by atoms with van der Waals surface area (Å²) < 4.78 is 40.5. The molecule has 7 amide bonds. The summed E-state index contributed by atoms with van der Waals surface area (Å²) >= 11 is 0. The van der Waals surface area contributed by atoms with Gasteiger partial charge in [0.2, 0.25) is 33.7 Å². The first-order valence-electron chi connectivity index (χ1n) is 25.3. The first-order valence-corrected chi connectivity index (χ1v) is 26.9. The Kier molecular flexibility index (Phi) is 25.3. The number of rotatable bonds is 31. The molecule has 0 saturated carbocycles. The highest BCUT2D eigenvalue weighted by atomic mass is 32.2. The molecule has 0 aromatic heterocycles. The summed E-state index contributed by atoms with van der Waals surface area (Å²) in [5, 5.41) is 9.25. The lowest BCUT2D eigenvalue weighted by Crippen LogP contribution is -2.62. The van der Waals surface area contributed by atoms with Gasteiger partial charge in [-0.25, -0.2) is 13.2 Å². The molecule has 73 heavy (non-hydrogen) atoms. The van der Waals surface area contributed by atoms with Crippen LogP contribution in [0.15, 0.2) is 30.3 Å². The van der Waals surface area contributed by atoms with Gasteiger partial charge in [0.05, 0.1) is 48.4 Å². The molecule has 22 nitrogen and oxygen atoms in total. The van der Waals surface area contributed by atoms with Gasteiger partial charge >= 0.3 is 5.97 Å². The maximum absolute atomic E-state index is 14.4. The Morgan fingerprint density at radius 2 is 1.48 bits per heavy atom. The van der Waals surface area contributed by atoms with Crippen LogP contribution in [0.5, 0.6) is 0 Å². The number of likely N-dealkylation sites (tertiary alicyclic amines) is 1. The number of hydroxylamine groups is 2. The molecule has 3 rings (SSSR count). The van der Waals surface area contributed by atoms with E-state index in [0.29, 0.717) is 30.0 Å². The van der Waals surface area contributed by atoms with Crippen LogP contribution in [0.3, 0.4) is 0 Å². The largest absolute Gasteiger partial charge is 0.379 e. The van der Waals surface area contributed by atoms with Crippen LogP contribution in [0.25, 0.3) is 0 Å². The lowest BCUT2D eigenvalue weighted by Gasteiger charge is -2.42. The predicted molar refractivity (Wildman–Crippen MR) is 272 cm³/mol. The monoisotopic (exact) mass is 1050 g/mol. The number of nitrogens with zero attached hydrogens (tertiary/aromatic N) is 5. The number of nitrogens with one attached hydrogen (secondary N) is 4. The number of amides is 7. The lowest BCUT2D eigenvalue weighted by molar-refractivity contribution is -0.197. The Morgan fingerprint density at radius 3 is 2.04 bits per heavy atom. The minimum atomic E-state index is -4.26. The van der Waals surface area contributed by atoms with Gasteiger partial charge in [0.15, 0.2) is 0 Å². The van der Waals surface area contributed by atoms with Gasteiger partial charge in [0.25, 0.3) is 17.7 Å². The standard InChI is InChI=1S/C50H83N9O13S/c1-13-33(4)45(57(10)49(67)44(32(2)3)53-50(55(6)7)56(8)9)38(70-11)31-42(63)58-28-18-22-37(58)46(71-12)34(5)47(65)52-36(30-35-20-15-14-16-21-35)48(66)54-73(68,69)29-19-27-51-39(60)23-17-24-43(64)72-59-40(61)25-26-41(59)62/h14-16,20-21,32-34,36-38,44-46,50,53H,13,17-19,22-31H2,1-12H3,(H,51,60)(H,52,65)(H,54,66)/t33-,34+,36-,37-,38+,44-,45-,46+/m0/s1. The van der Waals surface area contributed by atoms with E-state index >= 15 is 0 Å². The first kappa shape index (κ1) is 62.2. The quantitative estimate of drug-likeness (QED) is 0.0465. The van der Waals surface area contributed by atoms with E-state index in [2.05, 4.69) is 20.7 Å². The minimum Gasteiger partial charge on any atom is -0.379 e. The van der Waals surface area contributed by atoms with E-state index in [9.17, 15) is 46.8 Å². The van der Waals surface area contributed by atoms with Gasteiger partial charge in [-0.15, -0.1) is 5.06 Å². The van der Waals surface area contributed by atoms with Crippen LogP contribution in [0.4, 0.5) is 0 Å². The second-order valence-electron chi connectivity index (χ2n) is 19.9. The molecule has 23 heteroatoms. The number of likely N-dealkylation sites (N-methyl/N-ethyl adjacent to an activating group) is 1. The molecule has 0 bridgehead atoms. The topological polar surface area (TPSA) is 263 Å². The summed E-state index contributed by atoms with van der Waals surface area (Å²) in [5.74, 6) is -6.02. The molecular formula is C50H83N9O13S. The Morgan fingerprint density at radius 1 is 0.849 bits per heavy atom. The third-order valence-electron chi connectivity index (χ3n) is 13.6. The molecule has 412 valence electrons. The Labute approximate surface area is 432 Å². The van der Waals surface area contributed by atoms with Crippen LogP contribution in [0.1, 0.15) is 104 Å². The van der Waals surface area contributed by atoms with E-state index in [-0.39, 0.29) is 87.9 Å². The molecule has 0 aliphatic carbocycles. The molecule has 2 heterocycles. The highest BCUT2D eigenvalue weighted by molar-refractivity contribution is 7.90. The number of carbonyl (C=O) groups is 8. The van der Waals surface area contributed by atoms with Crippen molar-refractivity contribution in [2.24, 2.45) is 17.8 Å². The Balaban J connectivity index is 1.67. The number of carbonyl (C=O) groups excluding carboxylic acids is 8. The van der Waals surface area contributed by atoms with E-state index in [1.54, 1.807) is 61.2 Å². The van der Waals surface area contributed by atoms with Crippen LogP contribution in [-0.2, 0) is 69.1 Å². The third-order valence-corrected chi connectivity index (χ3v) is 14.9. The second kappa shape index (κ2) is 29.7. The minimum absolute atomic E-state index is 0.0404. The predicted octanol–water partition coefficient (Wildman–Crippen LogP) is 1.39. The van der Waals surface area contributed by atoms with Gasteiger partial charge < -0.3 is 34.7 Å². The highest BCUT2D eigenvalue weighted by Crippen LogP contribution is 2.30. The van der Waals surface area contributed by atoms with Crippen molar-refractivity contribution in [2.75, 3.05) is 68.3 Å². The maximum Gasteiger partial charge on any atom is 0.333 e. The summed E-state index contributed by atoms with van der Waals surface area (Å²) in [6.45, 7) is 10.0. The van der Waals surface area contributed by atoms with Gasteiger partial charge in [0, 0.05) is 66.5 Å². The SMILES string of the molecule is CC[C@H](C)[C@@H]([C@@H](CC(=O)N1CCC[C@H]1[C@H](OC)[C@@H](C)C(=O)N[C@@H](Cc1ccccc1)C(=O)NS(=O)(=O)CCCNC(=O)CCCC(=O)ON1C(=O)CCC1=O)OC)N(C)C(=O)[C@@H](NC(N(C)C)N(C)C)C(C)C. The van der Waals surface area contributed by atoms with Crippen molar-refractivity contribution in [1.29, 1.82) is 0 Å². The van der Waals surface area contributed by atoms with Gasteiger partial charge in [-0.2, -0.15) is 0 Å². The fraction of sp³-hybridized carbons (Fsp3) is 0.720. The van der Waals surface area contributed by atoms with Gasteiger partial charge in [-0.3, -0.25) is 53.4 Å². The fourth-order valence-corrected chi connectivity index (χ4v) is 10.5. The summed E-state index contributed by atoms with van der Waals surface area (Å²) in [7, 11) is 8.24. The molecule has 0 spiro atoms. The normalized spacial score (nSPS) is 18.1. The van der Waals surface area contributed by atoms with Crippen LogP contribution < -0.4 is 20.7 Å². The van der Waals surface area contributed by atoms with Crippen molar-refractivity contribution in [3.63, 3.8) is 0 Å². The average Bonchev–Trinajstić information content (AvgIpc) is 3.95. The Hall–Kier alpha value is -5.07. The van der Waals surface area contributed by atoms with E-state index in [0.717, 1.165) is 6.42 Å². The molecule has 2 aliphatic heterocycles. The number of sulfonamides is 1. The molecular weight excluding hydrogens is 967 g/mol. The number of benzene rings is 1. The van der Waals surface area contributed by atoms with Crippen LogP contribution in [-0.4, -0.2) is 191 Å². The molecule has 0 radical (unpaired) electrons. The molecule has 1 aromatic rings. The van der Waals surface area contributed by atoms with Gasteiger partial charge in [-0.05, 0) is 71.3 Å². The fourth-order valence-electron chi connectivity index (χ4n) is 9.41. The first-order chi connectivity index (χ1) is 34.4. The zero-order chi connectivity index (χ0) is 54.7. The molecule has 0 unspecified atom stereocenters. The van der Waals surface area contributed by atoms with E-state index in [1.807, 2.05) is 65.7 Å². The van der Waals surface area contributed by atoms with Crippen molar-refractivity contribution >= 4 is 57.3 Å². The maximum atomic E-state index is 14.4. The van der Waals surface area contributed by atoms with E-state index in [1.165, 1.54) is 7.11 Å². The zero-order valence-electron chi connectivity index (χ0n) is 45.0. The highest BCUT2D eigenvalue weighted by Gasteiger charge is 2.44. The number of hydrogen-bond donors (Lipinski definition) is 4.